The molecule has 2 saturated heterocycles. The van der Waals surface area contributed by atoms with Crippen LogP contribution in [0.25, 0.3) is 0 Å². The van der Waals surface area contributed by atoms with Gasteiger partial charge in [0.25, 0.3) is 5.91 Å². The lowest BCUT2D eigenvalue weighted by atomic mass is 9.92. The summed E-state index contributed by atoms with van der Waals surface area (Å²) in [5.41, 5.74) is 1.14. The first-order valence-electron chi connectivity index (χ1n) is 7.98. The summed E-state index contributed by atoms with van der Waals surface area (Å²) in [6, 6.07) is 7.93. The maximum atomic E-state index is 12.6. The normalized spacial score (nSPS) is 28.3. The number of fused-ring (bicyclic) bond motifs is 1. The molecule has 0 bridgehead atoms. The molecule has 118 valence electrons. The third-order valence-corrected chi connectivity index (χ3v) is 6.35. The molecule has 1 aromatic rings. The molecule has 22 heavy (non-hydrogen) atoms. The van der Waals surface area contributed by atoms with Crippen LogP contribution in [-0.4, -0.2) is 53.2 Å². The zero-order valence-corrected chi connectivity index (χ0v) is 13.6. The zero-order chi connectivity index (χ0) is 15.2. The summed E-state index contributed by atoms with van der Waals surface area (Å²) in [5, 5.41) is 0. The molecule has 0 aromatic heterocycles. The summed E-state index contributed by atoms with van der Waals surface area (Å²) in [7, 11) is 0. The van der Waals surface area contributed by atoms with E-state index < -0.39 is 0 Å². The molecule has 0 radical (unpaired) electrons. The first-order valence-corrected chi connectivity index (χ1v) is 8.96. The Morgan fingerprint density at radius 1 is 1.45 bits per heavy atom. The molecular formula is C17H21NO3S. The van der Waals surface area contributed by atoms with Gasteiger partial charge in [-0.3, -0.25) is 4.79 Å². The second-order valence-corrected chi connectivity index (χ2v) is 7.88. The topological polar surface area (TPSA) is 38.8 Å². The Labute approximate surface area is 135 Å². The first kappa shape index (κ1) is 14.4. The van der Waals surface area contributed by atoms with Gasteiger partial charge in [-0.2, -0.15) is 0 Å². The van der Waals surface area contributed by atoms with Crippen molar-refractivity contribution in [2.75, 3.05) is 25.4 Å². The van der Waals surface area contributed by atoms with Crippen molar-refractivity contribution in [3.63, 3.8) is 0 Å². The van der Waals surface area contributed by atoms with Gasteiger partial charge in [0.1, 0.15) is 5.75 Å². The van der Waals surface area contributed by atoms with Crippen molar-refractivity contribution in [2.24, 2.45) is 0 Å². The number of hydrogen-bond donors (Lipinski definition) is 0. The van der Waals surface area contributed by atoms with Crippen molar-refractivity contribution in [3.8, 4) is 5.75 Å². The summed E-state index contributed by atoms with van der Waals surface area (Å²) < 4.78 is 11.8. The monoisotopic (exact) mass is 319 g/mol. The number of likely N-dealkylation sites (tertiary alicyclic amines) is 1. The van der Waals surface area contributed by atoms with E-state index in [9.17, 15) is 4.79 Å². The van der Waals surface area contributed by atoms with E-state index in [0.717, 1.165) is 43.2 Å². The Morgan fingerprint density at radius 2 is 2.27 bits per heavy atom. The van der Waals surface area contributed by atoms with Crippen LogP contribution in [0.15, 0.2) is 24.3 Å². The summed E-state index contributed by atoms with van der Waals surface area (Å²) in [5.74, 6) is 2.06. The van der Waals surface area contributed by atoms with E-state index in [0.29, 0.717) is 12.5 Å². The number of hydrogen-bond acceptors (Lipinski definition) is 4. The molecule has 4 nitrogen and oxygen atoms in total. The van der Waals surface area contributed by atoms with Crippen molar-refractivity contribution >= 4 is 17.7 Å². The maximum Gasteiger partial charge on any atom is 0.264 e. The molecule has 2 fully saturated rings. The number of ether oxygens (including phenoxy) is 2. The van der Waals surface area contributed by atoms with Crippen LogP contribution in [0, 0.1) is 0 Å². The number of para-hydroxylation sites is 1. The van der Waals surface area contributed by atoms with Crippen molar-refractivity contribution in [1.82, 2.24) is 4.90 Å². The largest absolute Gasteiger partial charge is 0.480 e. The van der Waals surface area contributed by atoms with Crippen molar-refractivity contribution in [1.29, 1.82) is 0 Å². The quantitative estimate of drug-likeness (QED) is 0.855. The lowest BCUT2D eigenvalue weighted by molar-refractivity contribution is -0.143. The highest BCUT2D eigenvalue weighted by Gasteiger charge is 2.52. The number of benzene rings is 1. The van der Waals surface area contributed by atoms with E-state index in [4.69, 9.17) is 9.47 Å². The summed E-state index contributed by atoms with van der Waals surface area (Å²) in [4.78, 5) is 14.6. The minimum Gasteiger partial charge on any atom is -0.480 e. The molecular weight excluding hydrogens is 298 g/mol. The average Bonchev–Trinajstić information content (AvgIpc) is 3.09. The van der Waals surface area contributed by atoms with E-state index in [1.54, 1.807) is 0 Å². The van der Waals surface area contributed by atoms with Crippen molar-refractivity contribution in [2.45, 2.75) is 36.7 Å². The molecule has 1 aromatic carbocycles. The van der Waals surface area contributed by atoms with E-state index in [1.165, 1.54) is 0 Å². The van der Waals surface area contributed by atoms with Gasteiger partial charge in [-0.1, -0.05) is 18.2 Å². The fourth-order valence-corrected chi connectivity index (χ4v) is 5.25. The number of carbonyl (C=O) groups excluding carboxylic acids is 1. The SMILES string of the molecule is CCO[C@@H]1CSC2(C1)CN(C(=O)[C@H]1Cc3ccccc3O1)C2. The number of thioether (sulfide) groups is 1. The molecule has 1 spiro atoms. The van der Waals surface area contributed by atoms with Gasteiger partial charge in [-0.05, 0) is 25.0 Å². The molecule has 0 aliphatic carbocycles. The third kappa shape index (κ3) is 2.40. The highest BCUT2D eigenvalue weighted by Crippen LogP contribution is 2.46. The molecule has 1 amide bonds. The molecule has 0 unspecified atom stereocenters. The highest BCUT2D eigenvalue weighted by molar-refractivity contribution is 8.01. The smallest absolute Gasteiger partial charge is 0.264 e. The van der Waals surface area contributed by atoms with Gasteiger partial charge in [0.15, 0.2) is 6.10 Å². The molecule has 2 atom stereocenters. The Kier molecular flexibility index (Phi) is 3.57. The van der Waals surface area contributed by atoms with Crippen LogP contribution in [0.2, 0.25) is 0 Å². The minimum absolute atomic E-state index is 0.141. The van der Waals surface area contributed by atoms with E-state index >= 15 is 0 Å². The van der Waals surface area contributed by atoms with Gasteiger partial charge in [0.05, 0.1) is 10.9 Å². The molecule has 3 aliphatic heterocycles. The molecule has 0 saturated carbocycles. The predicted molar refractivity (Wildman–Crippen MR) is 86.4 cm³/mol. The van der Waals surface area contributed by atoms with Gasteiger partial charge in [-0.25, -0.2) is 0 Å². The Morgan fingerprint density at radius 3 is 3.05 bits per heavy atom. The van der Waals surface area contributed by atoms with Crippen LogP contribution in [0.4, 0.5) is 0 Å². The fourth-order valence-electron chi connectivity index (χ4n) is 3.69. The van der Waals surface area contributed by atoms with Gasteiger partial charge in [-0.15, -0.1) is 11.8 Å². The lowest BCUT2D eigenvalue weighted by Gasteiger charge is -2.48. The zero-order valence-electron chi connectivity index (χ0n) is 12.8. The Bertz CT molecular complexity index is 560. The van der Waals surface area contributed by atoms with Crippen molar-refractivity contribution < 1.29 is 14.3 Å². The minimum atomic E-state index is -0.330. The van der Waals surface area contributed by atoms with Gasteiger partial charge in [0, 0.05) is 31.9 Å². The van der Waals surface area contributed by atoms with Crippen LogP contribution >= 0.6 is 11.8 Å². The Balaban J connectivity index is 1.33. The number of rotatable bonds is 3. The number of amides is 1. The maximum absolute atomic E-state index is 12.6. The van der Waals surface area contributed by atoms with Gasteiger partial charge in [0.2, 0.25) is 0 Å². The van der Waals surface area contributed by atoms with E-state index in [1.807, 2.05) is 47.9 Å². The lowest BCUT2D eigenvalue weighted by Crippen LogP contribution is -2.63. The van der Waals surface area contributed by atoms with E-state index in [2.05, 4.69) is 0 Å². The van der Waals surface area contributed by atoms with E-state index in [-0.39, 0.29) is 16.8 Å². The van der Waals surface area contributed by atoms with Crippen LogP contribution in [0.3, 0.4) is 0 Å². The van der Waals surface area contributed by atoms with Crippen LogP contribution in [0.1, 0.15) is 18.9 Å². The predicted octanol–water partition coefficient (Wildman–Crippen LogP) is 2.11. The fraction of sp³-hybridized carbons (Fsp3) is 0.588. The number of nitrogens with zero attached hydrogens (tertiary/aromatic N) is 1. The third-order valence-electron chi connectivity index (χ3n) is 4.77. The molecule has 4 rings (SSSR count). The second kappa shape index (κ2) is 5.46. The standard InChI is InChI=1S/C17H21NO3S/c1-2-20-13-8-17(22-9-13)10-18(11-17)16(19)15-7-12-5-3-4-6-14(12)21-15/h3-6,13,15H,2,7-11H2,1H3/t13-,15+/m0/s1. The van der Waals surface area contributed by atoms with Crippen LogP contribution in [-0.2, 0) is 16.0 Å². The average molecular weight is 319 g/mol. The molecule has 0 N–H and O–H groups in total. The Hall–Kier alpha value is -1.20. The van der Waals surface area contributed by atoms with Crippen molar-refractivity contribution in [3.05, 3.63) is 29.8 Å². The van der Waals surface area contributed by atoms with Crippen LogP contribution in [0.5, 0.6) is 5.75 Å². The summed E-state index contributed by atoms with van der Waals surface area (Å²) >= 11 is 1.97. The molecule has 5 heteroatoms. The van der Waals surface area contributed by atoms with Gasteiger partial charge >= 0.3 is 0 Å². The molecule has 3 aliphatic rings. The van der Waals surface area contributed by atoms with Crippen LogP contribution < -0.4 is 4.74 Å². The number of carbonyl (C=O) groups is 1. The highest BCUT2D eigenvalue weighted by atomic mass is 32.2. The second-order valence-electron chi connectivity index (χ2n) is 6.39. The summed E-state index contributed by atoms with van der Waals surface area (Å²) in [6.07, 6.45) is 1.80. The summed E-state index contributed by atoms with van der Waals surface area (Å²) in [6.45, 7) is 4.51. The molecule has 3 heterocycles. The first-order chi connectivity index (χ1) is 10.7. The van der Waals surface area contributed by atoms with Gasteiger partial charge < -0.3 is 14.4 Å².